The Bertz CT molecular complexity index is 803. The van der Waals surface area contributed by atoms with Crippen LogP contribution >= 0.6 is 11.6 Å². The Morgan fingerprint density at radius 3 is 2.83 bits per heavy atom. The third-order valence-electron chi connectivity index (χ3n) is 5.27. The van der Waals surface area contributed by atoms with Crippen molar-refractivity contribution in [1.82, 2.24) is 9.88 Å². The molecular weight excluding hydrogens is 322 g/mol. The largest absolute Gasteiger partial charge is 0.336 e. The number of hydrogen-bond donors (Lipinski definition) is 1. The van der Waals surface area contributed by atoms with Crippen molar-refractivity contribution < 1.29 is 4.79 Å². The van der Waals surface area contributed by atoms with E-state index in [2.05, 4.69) is 6.92 Å². The number of hydrogen-bond acceptors (Lipinski definition) is 3. The van der Waals surface area contributed by atoms with E-state index in [1.165, 1.54) is 0 Å². The fraction of sp³-hybridized carbons (Fsp3) is 0.474. The number of carbonyl (C=O) groups is 1. The molecule has 2 aliphatic rings. The van der Waals surface area contributed by atoms with Gasteiger partial charge in [0.25, 0.3) is 5.91 Å². The smallest absolute Gasteiger partial charge is 0.254 e. The first kappa shape index (κ1) is 15.9. The van der Waals surface area contributed by atoms with Gasteiger partial charge in [0.1, 0.15) is 0 Å². The molecule has 1 saturated carbocycles. The van der Waals surface area contributed by atoms with E-state index in [1.807, 2.05) is 29.2 Å². The number of pyridine rings is 1. The van der Waals surface area contributed by atoms with Crippen LogP contribution in [0.25, 0.3) is 10.9 Å². The van der Waals surface area contributed by atoms with Gasteiger partial charge in [0.05, 0.1) is 11.1 Å². The minimum Gasteiger partial charge on any atom is -0.336 e. The third kappa shape index (κ3) is 2.78. The van der Waals surface area contributed by atoms with Gasteiger partial charge in [-0.15, -0.1) is 0 Å². The summed E-state index contributed by atoms with van der Waals surface area (Å²) in [7, 11) is 0. The highest BCUT2D eigenvalue weighted by Crippen LogP contribution is 2.40. The minimum absolute atomic E-state index is 0.0787. The van der Waals surface area contributed by atoms with E-state index in [1.54, 1.807) is 0 Å². The van der Waals surface area contributed by atoms with Gasteiger partial charge in [-0.25, -0.2) is 0 Å². The average Bonchev–Trinajstić information content (AvgIpc) is 3.36. The number of rotatable bonds is 3. The number of fused-ring (bicyclic) bond motifs is 1. The second-order valence-corrected chi connectivity index (χ2v) is 7.61. The summed E-state index contributed by atoms with van der Waals surface area (Å²) >= 11 is 6.17. The molecule has 4 rings (SSSR count). The molecule has 4 nitrogen and oxygen atoms in total. The van der Waals surface area contributed by atoms with Crippen LogP contribution in [0.2, 0.25) is 5.02 Å². The maximum absolute atomic E-state index is 13.3. The topological polar surface area (TPSA) is 59.2 Å². The number of halogens is 1. The summed E-state index contributed by atoms with van der Waals surface area (Å²) in [5, 5.41) is 1.48. The van der Waals surface area contributed by atoms with Gasteiger partial charge in [-0.3, -0.25) is 9.78 Å². The van der Waals surface area contributed by atoms with Crippen LogP contribution in [0.15, 0.2) is 24.3 Å². The standard InChI is InChI=1S/C19H22ClN3O/c1-11-6-12(9-21)10-23(11)19(24)16-8-18(13-2-3-13)22-17-5-4-14(20)7-15(16)17/h4-5,7-8,11-13H,2-3,6,9-10,21H2,1H3. The van der Waals surface area contributed by atoms with Crippen LogP contribution in [0.4, 0.5) is 0 Å². The summed E-state index contributed by atoms with van der Waals surface area (Å²) in [6.07, 6.45) is 3.30. The maximum atomic E-state index is 13.3. The molecule has 2 N–H and O–H groups in total. The van der Waals surface area contributed by atoms with E-state index in [9.17, 15) is 4.79 Å². The molecule has 5 heteroatoms. The molecular formula is C19H22ClN3O. The summed E-state index contributed by atoms with van der Waals surface area (Å²) in [5.74, 6) is 0.975. The van der Waals surface area contributed by atoms with Gasteiger partial charge in [-0.2, -0.15) is 0 Å². The quantitative estimate of drug-likeness (QED) is 0.926. The third-order valence-corrected chi connectivity index (χ3v) is 5.51. The van der Waals surface area contributed by atoms with Crippen LogP contribution in [0.5, 0.6) is 0 Å². The molecule has 126 valence electrons. The number of benzene rings is 1. The highest BCUT2D eigenvalue weighted by molar-refractivity contribution is 6.31. The van der Waals surface area contributed by atoms with Crippen molar-refractivity contribution in [2.45, 2.75) is 38.1 Å². The lowest BCUT2D eigenvalue weighted by Crippen LogP contribution is -2.34. The van der Waals surface area contributed by atoms with E-state index in [0.717, 1.165) is 48.0 Å². The predicted octanol–water partition coefficient (Wildman–Crippen LogP) is 3.57. The van der Waals surface area contributed by atoms with Gasteiger partial charge in [0, 0.05) is 34.6 Å². The van der Waals surface area contributed by atoms with Crippen LogP contribution in [-0.4, -0.2) is 34.9 Å². The molecule has 1 amide bonds. The van der Waals surface area contributed by atoms with Crippen LogP contribution in [0, 0.1) is 5.92 Å². The predicted molar refractivity (Wildman–Crippen MR) is 96.4 cm³/mol. The number of nitrogens with zero attached hydrogens (tertiary/aromatic N) is 2. The number of likely N-dealkylation sites (tertiary alicyclic amines) is 1. The second kappa shape index (κ2) is 6.01. The normalized spacial score (nSPS) is 23.9. The summed E-state index contributed by atoms with van der Waals surface area (Å²) < 4.78 is 0. The molecule has 2 atom stereocenters. The zero-order valence-electron chi connectivity index (χ0n) is 13.8. The molecule has 1 aliphatic carbocycles. The first-order valence-electron chi connectivity index (χ1n) is 8.68. The van der Waals surface area contributed by atoms with Crippen molar-refractivity contribution in [3.8, 4) is 0 Å². The van der Waals surface area contributed by atoms with Gasteiger partial charge in [0.15, 0.2) is 0 Å². The average molecular weight is 344 g/mol. The van der Waals surface area contributed by atoms with E-state index in [-0.39, 0.29) is 11.9 Å². The van der Waals surface area contributed by atoms with Crippen molar-refractivity contribution in [3.63, 3.8) is 0 Å². The van der Waals surface area contributed by atoms with E-state index in [0.29, 0.717) is 23.4 Å². The van der Waals surface area contributed by atoms with E-state index >= 15 is 0 Å². The molecule has 1 aromatic heterocycles. The number of carbonyl (C=O) groups excluding carboxylic acids is 1. The lowest BCUT2D eigenvalue weighted by Gasteiger charge is -2.23. The molecule has 2 unspecified atom stereocenters. The highest BCUT2D eigenvalue weighted by atomic mass is 35.5. The molecule has 2 fully saturated rings. The molecule has 0 bridgehead atoms. The van der Waals surface area contributed by atoms with Crippen molar-refractivity contribution in [3.05, 3.63) is 40.5 Å². The zero-order valence-corrected chi connectivity index (χ0v) is 14.6. The van der Waals surface area contributed by atoms with Gasteiger partial charge in [-0.1, -0.05) is 11.6 Å². The lowest BCUT2D eigenvalue weighted by atomic mass is 10.0. The maximum Gasteiger partial charge on any atom is 0.254 e. The summed E-state index contributed by atoms with van der Waals surface area (Å²) in [6, 6.07) is 7.81. The SMILES string of the molecule is CC1CC(CN)CN1C(=O)c1cc(C2CC2)nc2ccc(Cl)cc12. The van der Waals surface area contributed by atoms with Crippen LogP contribution in [-0.2, 0) is 0 Å². The van der Waals surface area contributed by atoms with E-state index in [4.69, 9.17) is 22.3 Å². The zero-order chi connectivity index (χ0) is 16.8. The lowest BCUT2D eigenvalue weighted by molar-refractivity contribution is 0.0745. The summed E-state index contributed by atoms with van der Waals surface area (Å²) in [4.78, 5) is 20.0. The number of nitrogens with two attached hydrogens (primary N) is 1. The monoisotopic (exact) mass is 343 g/mol. The Hall–Kier alpha value is -1.65. The Morgan fingerprint density at radius 2 is 2.17 bits per heavy atom. The molecule has 1 aliphatic heterocycles. The fourth-order valence-corrected chi connectivity index (χ4v) is 3.91. The van der Waals surface area contributed by atoms with Crippen molar-refractivity contribution in [2.24, 2.45) is 11.7 Å². The molecule has 2 heterocycles. The molecule has 0 spiro atoms. The van der Waals surface area contributed by atoms with Crippen molar-refractivity contribution >= 4 is 28.4 Å². The van der Waals surface area contributed by atoms with Crippen LogP contribution in [0.1, 0.15) is 48.2 Å². The Labute approximate surface area is 147 Å². The Morgan fingerprint density at radius 1 is 1.38 bits per heavy atom. The van der Waals surface area contributed by atoms with Gasteiger partial charge in [-0.05, 0) is 62.9 Å². The Kier molecular flexibility index (Phi) is 3.97. The molecule has 24 heavy (non-hydrogen) atoms. The molecule has 1 saturated heterocycles. The summed E-state index contributed by atoms with van der Waals surface area (Å²) in [6.45, 7) is 3.47. The molecule has 0 radical (unpaired) electrons. The second-order valence-electron chi connectivity index (χ2n) is 7.17. The Balaban J connectivity index is 1.79. The van der Waals surface area contributed by atoms with Gasteiger partial charge in [0.2, 0.25) is 0 Å². The molecule has 1 aromatic carbocycles. The minimum atomic E-state index is 0.0787. The first-order chi connectivity index (χ1) is 11.6. The summed E-state index contributed by atoms with van der Waals surface area (Å²) in [5.41, 5.74) is 8.44. The van der Waals surface area contributed by atoms with Gasteiger partial charge < -0.3 is 10.6 Å². The van der Waals surface area contributed by atoms with Crippen LogP contribution < -0.4 is 5.73 Å². The van der Waals surface area contributed by atoms with Gasteiger partial charge >= 0.3 is 0 Å². The number of amides is 1. The fourth-order valence-electron chi connectivity index (χ4n) is 3.73. The van der Waals surface area contributed by atoms with Crippen LogP contribution in [0.3, 0.4) is 0 Å². The highest BCUT2D eigenvalue weighted by Gasteiger charge is 2.34. The van der Waals surface area contributed by atoms with E-state index < -0.39 is 0 Å². The number of aromatic nitrogens is 1. The first-order valence-corrected chi connectivity index (χ1v) is 9.06. The molecule has 2 aromatic rings. The van der Waals surface area contributed by atoms with Crippen molar-refractivity contribution in [1.29, 1.82) is 0 Å². The van der Waals surface area contributed by atoms with Crippen molar-refractivity contribution in [2.75, 3.05) is 13.1 Å².